The van der Waals surface area contributed by atoms with Crippen LogP contribution in [0.15, 0.2) is 29.1 Å². The van der Waals surface area contributed by atoms with E-state index in [4.69, 9.17) is 4.42 Å². The summed E-state index contributed by atoms with van der Waals surface area (Å²) in [5.74, 6) is 0. The zero-order valence-corrected chi connectivity index (χ0v) is 6.55. The zero-order chi connectivity index (χ0) is 7.52. The molecule has 0 saturated carbocycles. The van der Waals surface area contributed by atoms with Crippen molar-refractivity contribution in [1.29, 1.82) is 0 Å². The summed E-state index contributed by atoms with van der Waals surface area (Å²) in [5, 5.41) is 0. The Hall–Kier alpha value is -0.980. The Labute approximate surface area is 66.7 Å². The number of allylic oxidation sites excluding steroid dienone is 2. The van der Waals surface area contributed by atoms with Crippen LogP contribution in [0.1, 0.15) is 31.2 Å². The second kappa shape index (κ2) is 2.95. The van der Waals surface area contributed by atoms with E-state index in [-0.39, 0.29) is 0 Å². The third kappa shape index (κ3) is 1.37. The van der Waals surface area contributed by atoms with E-state index in [0.29, 0.717) is 0 Å². The molecular formula is C10H12O. The van der Waals surface area contributed by atoms with Crippen molar-refractivity contribution in [3.63, 3.8) is 0 Å². The van der Waals surface area contributed by atoms with E-state index in [1.165, 1.54) is 36.8 Å². The number of rotatable bonds is 1. The van der Waals surface area contributed by atoms with E-state index in [2.05, 4.69) is 6.08 Å². The maximum absolute atomic E-state index is 5.03. The monoisotopic (exact) mass is 148 g/mol. The van der Waals surface area contributed by atoms with Crippen molar-refractivity contribution in [2.45, 2.75) is 25.7 Å². The van der Waals surface area contributed by atoms with Gasteiger partial charge in [0.25, 0.3) is 0 Å². The second-order valence-electron chi connectivity index (χ2n) is 2.99. The van der Waals surface area contributed by atoms with Gasteiger partial charge in [-0.25, -0.2) is 0 Å². The molecule has 0 unspecified atom stereocenters. The Morgan fingerprint density at radius 2 is 2.27 bits per heavy atom. The topological polar surface area (TPSA) is 13.1 Å². The lowest BCUT2D eigenvalue weighted by molar-refractivity contribution is 0.566. The lowest BCUT2D eigenvalue weighted by Gasteiger charge is -2.09. The molecule has 1 aromatic heterocycles. The molecule has 11 heavy (non-hydrogen) atoms. The van der Waals surface area contributed by atoms with Crippen LogP contribution in [-0.2, 0) is 0 Å². The number of furan rings is 1. The molecule has 1 heterocycles. The Morgan fingerprint density at radius 1 is 1.27 bits per heavy atom. The van der Waals surface area contributed by atoms with Crippen molar-refractivity contribution in [2.24, 2.45) is 0 Å². The SMILES string of the molecule is C1=C(c2ccoc2)CCCC1. The summed E-state index contributed by atoms with van der Waals surface area (Å²) in [4.78, 5) is 0. The highest BCUT2D eigenvalue weighted by molar-refractivity contribution is 5.65. The highest BCUT2D eigenvalue weighted by Crippen LogP contribution is 2.26. The highest BCUT2D eigenvalue weighted by Gasteiger charge is 2.05. The lowest BCUT2D eigenvalue weighted by atomic mass is 9.96. The quantitative estimate of drug-likeness (QED) is 0.596. The van der Waals surface area contributed by atoms with E-state index in [9.17, 15) is 0 Å². The average molecular weight is 148 g/mol. The Morgan fingerprint density at radius 3 is 2.91 bits per heavy atom. The molecule has 0 fully saturated rings. The first-order valence-electron chi connectivity index (χ1n) is 4.18. The first kappa shape index (κ1) is 6.71. The third-order valence-electron chi connectivity index (χ3n) is 2.18. The van der Waals surface area contributed by atoms with Gasteiger partial charge in [-0.05, 0) is 37.3 Å². The Balaban J connectivity index is 2.22. The van der Waals surface area contributed by atoms with Crippen molar-refractivity contribution >= 4 is 5.57 Å². The van der Waals surface area contributed by atoms with Gasteiger partial charge in [-0.2, -0.15) is 0 Å². The molecule has 0 aliphatic heterocycles. The van der Waals surface area contributed by atoms with Crippen LogP contribution in [0.5, 0.6) is 0 Å². The molecule has 0 N–H and O–H groups in total. The largest absolute Gasteiger partial charge is 0.472 e. The highest BCUT2D eigenvalue weighted by atomic mass is 16.3. The van der Waals surface area contributed by atoms with E-state index in [1.54, 1.807) is 6.26 Å². The lowest BCUT2D eigenvalue weighted by Crippen LogP contribution is -1.89. The van der Waals surface area contributed by atoms with Crippen LogP contribution in [0.25, 0.3) is 5.57 Å². The van der Waals surface area contributed by atoms with Crippen molar-refractivity contribution in [3.8, 4) is 0 Å². The molecule has 0 amide bonds. The summed E-state index contributed by atoms with van der Waals surface area (Å²) in [7, 11) is 0. The first-order valence-corrected chi connectivity index (χ1v) is 4.18. The van der Waals surface area contributed by atoms with Crippen molar-refractivity contribution in [1.82, 2.24) is 0 Å². The third-order valence-corrected chi connectivity index (χ3v) is 2.18. The maximum atomic E-state index is 5.03. The Bertz CT molecular complexity index is 244. The van der Waals surface area contributed by atoms with Crippen LogP contribution in [0.3, 0.4) is 0 Å². The van der Waals surface area contributed by atoms with Crippen LogP contribution in [0, 0.1) is 0 Å². The minimum absolute atomic E-state index is 1.22. The van der Waals surface area contributed by atoms with Gasteiger partial charge >= 0.3 is 0 Å². The molecule has 1 aliphatic carbocycles. The summed E-state index contributed by atoms with van der Waals surface area (Å²) in [6, 6.07) is 2.04. The number of hydrogen-bond donors (Lipinski definition) is 0. The Kier molecular flexibility index (Phi) is 1.80. The van der Waals surface area contributed by atoms with Gasteiger partial charge in [0.05, 0.1) is 12.5 Å². The van der Waals surface area contributed by atoms with Gasteiger partial charge in [-0.15, -0.1) is 0 Å². The molecule has 1 heteroatoms. The van der Waals surface area contributed by atoms with E-state index >= 15 is 0 Å². The van der Waals surface area contributed by atoms with Gasteiger partial charge in [0.2, 0.25) is 0 Å². The predicted octanol–water partition coefficient (Wildman–Crippen LogP) is 3.24. The molecule has 0 radical (unpaired) electrons. The van der Waals surface area contributed by atoms with Crippen molar-refractivity contribution in [3.05, 3.63) is 30.2 Å². The molecule has 0 aromatic carbocycles. The minimum Gasteiger partial charge on any atom is -0.472 e. The predicted molar refractivity (Wildman–Crippen MR) is 45.2 cm³/mol. The summed E-state index contributed by atoms with van der Waals surface area (Å²) in [5.41, 5.74) is 2.73. The average Bonchev–Trinajstić information content (AvgIpc) is 2.58. The van der Waals surface area contributed by atoms with E-state index in [0.717, 1.165) is 0 Å². The maximum Gasteiger partial charge on any atom is 0.0977 e. The molecule has 0 spiro atoms. The van der Waals surface area contributed by atoms with Crippen LogP contribution < -0.4 is 0 Å². The normalized spacial score (nSPS) is 18.0. The van der Waals surface area contributed by atoms with Gasteiger partial charge in [0.15, 0.2) is 0 Å². The fourth-order valence-electron chi connectivity index (χ4n) is 1.55. The van der Waals surface area contributed by atoms with Crippen molar-refractivity contribution < 1.29 is 4.42 Å². The fourth-order valence-corrected chi connectivity index (χ4v) is 1.55. The van der Waals surface area contributed by atoms with Crippen LogP contribution >= 0.6 is 0 Å². The minimum atomic E-state index is 1.22. The van der Waals surface area contributed by atoms with Gasteiger partial charge < -0.3 is 4.42 Å². The summed E-state index contributed by atoms with van der Waals surface area (Å²) in [6.07, 6.45) is 11.0. The molecule has 58 valence electrons. The summed E-state index contributed by atoms with van der Waals surface area (Å²) in [6.45, 7) is 0. The molecule has 0 saturated heterocycles. The van der Waals surface area contributed by atoms with Gasteiger partial charge in [0.1, 0.15) is 0 Å². The molecule has 0 bridgehead atoms. The molecule has 1 aromatic rings. The molecule has 1 aliphatic rings. The summed E-state index contributed by atoms with van der Waals surface area (Å²) >= 11 is 0. The van der Waals surface area contributed by atoms with E-state index < -0.39 is 0 Å². The van der Waals surface area contributed by atoms with Crippen LogP contribution in [0.2, 0.25) is 0 Å². The van der Waals surface area contributed by atoms with Gasteiger partial charge in [-0.3, -0.25) is 0 Å². The molecule has 2 rings (SSSR count). The smallest absolute Gasteiger partial charge is 0.0977 e. The van der Waals surface area contributed by atoms with Crippen LogP contribution in [0.4, 0.5) is 0 Å². The number of hydrogen-bond acceptors (Lipinski definition) is 1. The van der Waals surface area contributed by atoms with E-state index in [1.807, 2.05) is 12.3 Å². The zero-order valence-electron chi connectivity index (χ0n) is 6.55. The fraction of sp³-hybridized carbons (Fsp3) is 0.400. The standard InChI is InChI=1S/C10H12O/c1-2-4-9(5-3-1)10-6-7-11-8-10/h4,6-8H,1-3,5H2. The van der Waals surface area contributed by atoms with Crippen molar-refractivity contribution in [2.75, 3.05) is 0 Å². The molecular weight excluding hydrogens is 136 g/mol. The summed E-state index contributed by atoms with van der Waals surface area (Å²) < 4.78 is 5.03. The van der Waals surface area contributed by atoms with Gasteiger partial charge in [-0.1, -0.05) is 6.08 Å². The first-order chi connectivity index (χ1) is 5.47. The molecule has 1 nitrogen and oxygen atoms in total. The van der Waals surface area contributed by atoms with Crippen LogP contribution in [-0.4, -0.2) is 0 Å². The molecule has 0 atom stereocenters. The second-order valence-corrected chi connectivity index (χ2v) is 2.99. The van der Waals surface area contributed by atoms with Gasteiger partial charge in [0, 0.05) is 5.56 Å².